The normalized spacial score (nSPS) is 10.6. The summed E-state index contributed by atoms with van der Waals surface area (Å²) in [5, 5.41) is 12.0. The van der Waals surface area contributed by atoms with Gasteiger partial charge in [-0.3, -0.25) is 4.79 Å². The van der Waals surface area contributed by atoms with E-state index in [-0.39, 0.29) is 19.1 Å². The molecule has 1 heterocycles. The number of methoxy groups -OCH3 is 1. The van der Waals surface area contributed by atoms with Crippen LogP contribution in [0.4, 0.5) is 5.69 Å². The van der Waals surface area contributed by atoms with Crippen LogP contribution >= 0.6 is 0 Å². The van der Waals surface area contributed by atoms with E-state index in [1.807, 2.05) is 32.0 Å². The first-order valence-corrected chi connectivity index (χ1v) is 8.88. The van der Waals surface area contributed by atoms with Gasteiger partial charge in [0.05, 0.1) is 12.7 Å². The van der Waals surface area contributed by atoms with Crippen molar-refractivity contribution in [2.45, 2.75) is 20.5 Å². The Bertz CT molecular complexity index is 977. The van der Waals surface area contributed by atoms with Crippen molar-refractivity contribution in [1.82, 2.24) is 0 Å². The number of carbonyl (C=O) groups is 1. The molecule has 0 atom stereocenters. The summed E-state index contributed by atoms with van der Waals surface area (Å²) >= 11 is 0. The van der Waals surface area contributed by atoms with Gasteiger partial charge in [-0.2, -0.15) is 0 Å². The summed E-state index contributed by atoms with van der Waals surface area (Å²) in [6.07, 6.45) is 0. The first kappa shape index (κ1) is 19.5. The zero-order valence-electron chi connectivity index (χ0n) is 16.1. The Kier molecular flexibility index (Phi) is 6.01. The topological polar surface area (TPSA) is 80.9 Å². The molecule has 0 saturated carbocycles. The third-order valence-electron chi connectivity index (χ3n) is 4.48. The standard InChI is InChI=1S/C22H23NO5/c1-14-5-4-6-19(15(14)2)27-13-22(25)23-16-7-9-20(26-3)18(11-16)21-10-8-17(12-24)28-21/h4-11,24H,12-13H2,1-3H3,(H,23,25). The van der Waals surface area contributed by atoms with Gasteiger partial charge in [-0.15, -0.1) is 0 Å². The molecule has 0 unspecified atom stereocenters. The molecular weight excluding hydrogens is 358 g/mol. The van der Waals surface area contributed by atoms with Crippen LogP contribution in [0.5, 0.6) is 11.5 Å². The highest BCUT2D eigenvalue weighted by Gasteiger charge is 2.13. The Morgan fingerprint density at radius 2 is 1.93 bits per heavy atom. The van der Waals surface area contributed by atoms with Crippen LogP contribution in [0, 0.1) is 13.8 Å². The van der Waals surface area contributed by atoms with Crippen molar-refractivity contribution >= 4 is 11.6 Å². The lowest BCUT2D eigenvalue weighted by molar-refractivity contribution is -0.118. The smallest absolute Gasteiger partial charge is 0.262 e. The van der Waals surface area contributed by atoms with E-state index >= 15 is 0 Å². The maximum Gasteiger partial charge on any atom is 0.262 e. The lowest BCUT2D eigenvalue weighted by Crippen LogP contribution is -2.20. The van der Waals surface area contributed by atoms with Gasteiger partial charge in [-0.1, -0.05) is 12.1 Å². The summed E-state index contributed by atoms with van der Waals surface area (Å²) in [5.74, 6) is 2.02. The molecule has 1 amide bonds. The molecule has 0 aliphatic carbocycles. The van der Waals surface area contributed by atoms with Crippen LogP contribution < -0.4 is 14.8 Å². The molecular formula is C22H23NO5. The van der Waals surface area contributed by atoms with Crippen LogP contribution in [0.1, 0.15) is 16.9 Å². The summed E-state index contributed by atoms with van der Waals surface area (Å²) < 4.78 is 16.6. The molecule has 1 aromatic heterocycles. The van der Waals surface area contributed by atoms with Crippen molar-refractivity contribution in [1.29, 1.82) is 0 Å². The van der Waals surface area contributed by atoms with Crippen LogP contribution in [0.2, 0.25) is 0 Å². The zero-order valence-corrected chi connectivity index (χ0v) is 16.1. The largest absolute Gasteiger partial charge is 0.496 e. The first-order chi connectivity index (χ1) is 13.5. The van der Waals surface area contributed by atoms with Gasteiger partial charge >= 0.3 is 0 Å². The molecule has 0 aliphatic rings. The van der Waals surface area contributed by atoms with Crippen LogP contribution in [0.3, 0.4) is 0 Å². The van der Waals surface area contributed by atoms with E-state index in [1.165, 1.54) is 0 Å². The van der Waals surface area contributed by atoms with Crippen molar-refractivity contribution in [3.05, 3.63) is 65.4 Å². The molecule has 2 aromatic carbocycles. The number of amides is 1. The highest BCUT2D eigenvalue weighted by atomic mass is 16.5. The quantitative estimate of drug-likeness (QED) is 0.644. The fourth-order valence-electron chi connectivity index (χ4n) is 2.81. The molecule has 0 radical (unpaired) electrons. The van der Waals surface area contributed by atoms with Crippen molar-refractivity contribution in [2.75, 3.05) is 19.0 Å². The fourth-order valence-corrected chi connectivity index (χ4v) is 2.81. The summed E-state index contributed by atoms with van der Waals surface area (Å²) in [4.78, 5) is 12.3. The maximum atomic E-state index is 12.3. The van der Waals surface area contributed by atoms with Crippen LogP contribution in [-0.2, 0) is 11.4 Å². The SMILES string of the molecule is COc1ccc(NC(=O)COc2cccc(C)c2C)cc1-c1ccc(CO)o1. The number of aliphatic hydroxyl groups excluding tert-OH is 1. The lowest BCUT2D eigenvalue weighted by atomic mass is 10.1. The number of nitrogens with one attached hydrogen (secondary N) is 1. The van der Waals surface area contributed by atoms with Crippen molar-refractivity contribution in [3.63, 3.8) is 0 Å². The minimum atomic E-state index is -0.271. The number of rotatable bonds is 7. The van der Waals surface area contributed by atoms with Gasteiger partial charge in [0.15, 0.2) is 6.61 Å². The summed E-state index contributed by atoms with van der Waals surface area (Å²) in [6, 6.07) is 14.4. The second kappa shape index (κ2) is 8.63. The highest BCUT2D eigenvalue weighted by Crippen LogP contribution is 2.33. The Hall–Kier alpha value is -3.25. The van der Waals surface area contributed by atoms with Gasteiger partial charge in [0.1, 0.15) is 29.6 Å². The molecule has 0 bridgehead atoms. The fraction of sp³-hybridized carbons (Fsp3) is 0.227. The van der Waals surface area contributed by atoms with Gasteiger partial charge in [-0.25, -0.2) is 0 Å². The second-order valence-corrected chi connectivity index (χ2v) is 6.37. The monoisotopic (exact) mass is 381 g/mol. The molecule has 28 heavy (non-hydrogen) atoms. The highest BCUT2D eigenvalue weighted by molar-refractivity contribution is 5.93. The minimum Gasteiger partial charge on any atom is -0.496 e. The van der Waals surface area contributed by atoms with Crippen molar-refractivity contribution < 1.29 is 23.8 Å². The van der Waals surface area contributed by atoms with E-state index in [0.717, 1.165) is 11.1 Å². The first-order valence-electron chi connectivity index (χ1n) is 8.88. The van der Waals surface area contributed by atoms with E-state index in [9.17, 15) is 9.90 Å². The van der Waals surface area contributed by atoms with Crippen LogP contribution in [0.15, 0.2) is 52.9 Å². The molecule has 6 nitrogen and oxygen atoms in total. The van der Waals surface area contributed by atoms with Gasteiger partial charge < -0.3 is 24.3 Å². The number of carbonyl (C=O) groups excluding carboxylic acids is 1. The number of anilines is 1. The maximum absolute atomic E-state index is 12.3. The lowest BCUT2D eigenvalue weighted by Gasteiger charge is -2.12. The predicted molar refractivity (Wildman–Crippen MR) is 107 cm³/mol. The zero-order chi connectivity index (χ0) is 20.1. The van der Waals surface area contributed by atoms with Gasteiger partial charge in [-0.05, 0) is 61.4 Å². The number of benzene rings is 2. The summed E-state index contributed by atoms with van der Waals surface area (Å²) in [7, 11) is 1.56. The molecule has 3 rings (SSSR count). The van der Waals surface area contributed by atoms with Gasteiger partial charge in [0, 0.05) is 5.69 Å². The average molecular weight is 381 g/mol. The third kappa shape index (κ3) is 4.35. The number of ether oxygens (including phenoxy) is 2. The van der Waals surface area contributed by atoms with Crippen molar-refractivity contribution in [3.8, 4) is 22.8 Å². The number of aryl methyl sites for hydroxylation is 1. The summed E-state index contributed by atoms with van der Waals surface area (Å²) in [6.45, 7) is 3.68. The molecule has 2 N–H and O–H groups in total. The Morgan fingerprint density at radius 1 is 1.11 bits per heavy atom. The molecule has 0 saturated heterocycles. The molecule has 0 fully saturated rings. The molecule has 0 spiro atoms. The van der Waals surface area contributed by atoms with Gasteiger partial charge in [0.25, 0.3) is 5.91 Å². The Labute approximate surface area is 163 Å². The molecule has 3 aromatic rings. The van der Waals surface area contributed by atoms with Crippen molar-refractivity contribution in [2.24, 2.45) is 0 Å². The number of furan rings is 1. The minimum absolute atomic E-state index is 0.0962. The molecule has 6 heteroatoms. The average Bonchev–Trinajstić information content (AvgIpc) is 3.18. The molecule has 0 aliphatic heterocycles. The predicted octanol–water partition coefficient (Wildman–Crippen LogP) is 4.08. The Morgan fingerprint density at radius 3 is 2.64 bits per heavy atom. The van der Waals surface area contributed by atoms with Crippen LogP contribution in [0.25, 0.3) is 11.3 Å². The summed E-state index contributed by atoms with van der Waals surface area (Å²) in [5.41, 5.74) is 3.39. The van der Waals surface area contributed by atoms with Gasteiger partial charge in [0.2, 0.25) is 0 Å². The molecule has 146 valence electrons. The van der Waals surface area contributed by atoms with E-state index in [1.54, 1.807) is 37.4 Å². The third-order valence-corrected chi connectivity index (χ3v) is 4.48. The van der Waals surface area contributed by atoms with E-state index in [2.05, 4.69) is 5.32 Å². The van der Waals surface area contributed by atoms with E-state index in [0.29, 0.717) is 34.3 Å². The van der Waals surface area contributed by atoms with E-state index in [4.69, 9.17) is 13.9 Å². The number of aliphatic hydroxyl groups is 1. The number of hydrogen-bond acceptors (Lipinski definition) is 5. The number of hydrogen-bond donors (Lipinski definition) is 2. The van der Waals surface area contributed by atoms with Crippen LogP contribution in [-0.4, -0.2) is 24.7 Å². The second-order valence-electron chi connectivity index (χ2n) is 6.37. The Balaban J connectivity index is 1.72. The van der Waals surface area contributed by atoms with E-state index < -0.39 is 0 Å².